The average Bonchev–Trinajstić information content (AvgIpc) is 1.59. The molecule has 0 saturated heterocycles. The number of nitrogen functional groups attached to an aromatic ring is 1. The summed E-state index contributed by atoms with van der Waals surface area (Å²) < 4.78 is 163. The number of carboxylic acid groups (broad SMARTS) is 2. The lowest BCUT2D eigenvalue weighted by Crippen LogP contribution is -2.26. The number of pyridine rings is 2. The number of carbonyl (C=O) groups is 10. The standard InChI is InChI=1S/C21H18N4O3S.2C15H12N4O3S.2C14H13N5O2S.C6H6N4O2S.2C2HF3O2.ClH/c26-20-10-21(29(27)23-20)25-13-16-12-24(14-19(16)22-25)11-15-5-4-8-18(9-15)28-17-6-2-1-3-7-17;20-13-6-14(23(22)17-13)19-8-11-7-18(9-12(11)16-19)15(21)10-4-2-1-3-5-10;20-13-6-14(23(22)17-13)19-12-9-18(8-11(12)7-16-19)15(21)10-4-2-1-3-5-10;20-13-5-14(22(21)17-13)19-12-9-18(8-11(12)6-16-19)7-10-1-3-15-4-2-10;20-13-5-14(22(21)17-13)19-12-9-18(7-10(12)6-16-19)8-11-3-1-2-4-15-11;7-4-2-8-10(3-4)6-1-5(11)9-13(6)12;2*3-2(4,5)1(6)7;/h1-10,13H,11-12,14H2,(H,23,26);1-6,8H,7,9H2,(H,17,20);1-7H,8-9H2,(H,17,20);2*1-6H,7-9H2,(H,17,20);1-3H,7H2,(H,9,11);2*(H,6,7);1H. The molecule has 58 heteroatoms. The maximum absolute atomic E-state index is 12.5. The fraction of sp³-hybridized carbons (Fsp3) is 0.169. The van der Waals surface area contributed by atoms with Crippen LogP contribution in [0.1, 0.15) is 93.8 Å². The second kappa shape index (κ2) is 45.8. The van der Waals surface area contributed by atoms with Crippen LogP contribution in [0.15, 0.2) is 244 Å². The monoisotopic (exact) mass is 2150 g/mol. The van der Waals surface area contributed by atoms with E-state index in [2.05, 4.69) is 89.7 Å². The molecule has 762 valence electrons. The Labute approximate surface area is 846 Å². The Hall–Kier alpha value is -16.2. The van der Waals surface area contributed by atoms with E-state index in [1.807, 2.05) is 121 Å². The fourth-order valence-electron chi connectivity index (χ4n) is 15.3. The number of alkyl halides is 6. The third-order valence-corrected chi connectivity index (χ3v) is 28.1. The lowest BCUT2D eigenvalue weighted by molar-refractivity contribution is -0.193. The molecule has 147 heavy (non-hydrogen) atoms. The second-order valence-corrected chi connectivity index (χ2v) is 39.0. The lowest BCUT2D eigenvalue weighted by Gasteiger charge is -2.16. The summed E-state index contributed by atoms with van der Waals surface area (Å²) in [5.41, 5.74) is 20.0. The zero-order chi connectivity index (χ0) is 104. The quantitative estimate of drug-likeness (QED) is 0.0534. The molecule has 10 N–H and O–H groups in total. The lowest BCUT2D eigenvalue weighted by atomic mass is 10.2. The summed E-state index contributed by atoms with van der Waals surface area (Å²) in [5, 5.41) is 41.8. The van der Waals surface area contributed by atoms with Crippen molar-refractivity contribution in [3.8, 4) is 11.5 Å². The topological polar surface area (TPSA) is 570 Å². The Kier molecular flexibility index (Phi) is 32.8. The van der Waals surface area contributed by atoms with Gasteiger partial charge in [0, 0.05) is 178 Å². The van der Waals surface area contributed by atoms with Gasteiger partial charge in [-0.2, -0.15) is 56.9 Å². The number of nitrogens with two attached hydrogens (primary N) is 1. The van der Waals surface area contributed by atoms with E-state index in [0.29, 0.717) is 92.8 Å². The number of benzene rings is 4. The van der Waals surface area contributed by atoms with Crippen LogP contribution >= 0.6 is 12.4 Å². The molecule has 8 amide bonds. The second-order valence-electron chi connectivity index (χ2n) is 32.0. The zero-order valence-electron chi connectivity index (χ0n) is 75.3. The number of para-hydroxylation sites is 1. The van der Waals surface area contributed by atoms with Crippen molar-refractivity contribution in [2.24, 2.45) is 0 Å². The van der Waals surface area contributed by atoms with Crippen molar-refractivity contribution in [1.82, 2.24) is 121 Å². The van der Waals surface area contributed by atoms with Crippen LogP contribution in [0.25, 0.3) is 30.2 Å². The molecule has 45 nitrogen and oxygen atoms in total. The molecule has 0 bridgehead atoms. The number of nitrogens with one attached hydrogen (secondary N) is 6. The highest BCUT2D eigenvalue weighted by molar-refractivity contribution is 7.95. The highest BCUT2D eigenvalue weighted by Gasteiger charge is 2.41. The maximum Gasteiger partial charge on any atom is 0.490 e. The molecule has 0 spiro atoms. The van der Waals surface area contributed by atoms with Gasteiger partial charge in [-0.15, -0.1) is 12.4 Å². The molecule has 8 aromatic heterocycles. The molecule has 0 aliphatic carbocycles. The van der Waals surface area contributed by atoms with E-state index in [0.717, 1.165) is 118 Å². The molecule has 0 fully saturated rings. The number of rotatable bonds is 16. The summed E-state index contributed by atoms with van der Waals surface area (Å²) in [5.74, 6) is -6.23. The van der Waals surface area contributed by atoms with Gasteiger partial charge in [0.2, 0.25) is 0 Å². The van der Waals surface area contributed by atoms with Gasteiger partial charge in [0.1, 0.15) is 11.5 Å². The van der Waals surface area contributed by atoms with E-state index in [1.54, 1.807) is 91.5 Å². The van der Waals surface area contributed by atoms with Crippen molar-refractivity contribution < 1.29 is 114 Å². The summed E-state index contributed by atoms with van der Waals surface area (Å²) in [6, 6.07) is 45.8. The number of carbonyl (C=O) groups excluding carboxylic acids is 8. The first-order valence-corrected chi connectivity index (χ1v) is 49.6. The van der Waals surface area contributed by atoms with Gasteiger partial charge in [-0.25, -0.2) is 62.9 Å². The summed E-state index contributed by atoms with van der Waals surface area (Å²) in [6.45, 7) is 8.41. The molecule has 6 unspecified atom stereocenters. The smallest absolute Gasteiger partial charge is 0.475 e. The van der Waals surface area contributed by atoms with Gasteiger partial charge in [-0.3, -0.25) is 91.4 Å². The molecule has 11 aliphatic rings. The Morgan fingerprint density at radius 3 is 1.15 bits per heavy atom. The van der Waals surface area contributed by atoms with Gasteiger partial charge in [-0.05, 0) is 83.9 Å². The minimum Gasteiger partial charge on any atom is -0.475 e. The van der Waals surface area contributed by atoms with E-state index < -0.39 is 102 Å². The summed E-state index contributed by atoms with van der Waals surface area (Å²) >= 11 is 0. The van der Waals surface area contributed by atoms with Gasteiger partial charge in [0.15, 0.2) is 96.1 Å². The van der Waals surface area contributed by atoms with Crippen molar-refractivity contribution >= 4 is 173 Å². The van der Waals surface area contributed by atoms with Crippen LogP contribution < -0.4 is 38.8 Å². The van der Waals surface area contributed by atoms with Gasteiger partial charge in [0.25, 0.3) is 47.3 Å². The van der Waals surface area contributed by atoms with Gasteiger partial charge >= 0.3 is 24.3 Å². The maximum atomic E-state index is 12.5. The first kappa shape index (κ1) is 105. The number of anilines is 1. The molecular weight excluding hydrogens is 2080 g/mol. The highest BCUT2D eigenvalue weighted by Crippen LogP contribution is 2.35. The van der Waals surface area contributed by atoms with Crippen LogP contribution in [0.2, 0.25) is 0 Å². The molecule has 23 rings (SSSR count). The molecule has 4 aromatic carbocycles. The number of amides is 8. The molecular formula is C89H77ClF6N26O19S6. The zero-order valence-corrected chi connectivity index (χ0v) is 81.0. The van der Waals surface area contributed by atoms with Crippen molar-refractivity contribution in [2.45, 2.75) is 97.4 Å². The van der Waals surface area contributed by atoms with Crippen molar-refractivity contribution in [1.29, 1.82) is 0 Å². The minimum atomic E-state index is -5.08. The molecule has 12 aromatic rings. The fourth-order valence-corrected chi connectivity index (χ4v) is 20.4. The number of hydrogen-bond donors (Lipinski definition) is 9. The number of halogens is 7. The van der Waals surface area contributed by atoms with Crippen LogP contribution in [0.3, 0.4) is 0 Å². The molecule has 6 atom stereocenters. The summed E-state index contributed by atoms with van der Waals surface area (Å²) in [4.78, 5) is 129. The van der Waals surface area contributed by atoms with Gasteiger partial charge in [-0.1, -0.05) is 72.8 Å². The Morgan fingerprint density at radius 1 is 0.374 bits per heavy atom. The number of aromatic nitrogens is 14. The van der Waals surface area contributed by atoms with Crippen molar-refractivity contribution in [3.63, 3.8) is 0 Å². The van der Waals surface area contributed by atoms with Crippen molar-refractivity contribution in [2.75, 3.05) is 5.73 Å². The number of ether oxygens (including phenoxy) is 1. The number of nitrogens with zero attached hydrogens (tertiary/aromatic N) is 19. The summed E-state index contributed by atoms with van der Waals surface area (Å²) in [7, 11) is -9.31. The molecule has 0 saturated carbocycles. The Morgan fingerprint density at radius 2 is 0.741 bits per heavy atom. The first-order chi connectivity index (χ1) is 69.8. The molecule has 19 heterocycles. The number of carboxylic acids is 2. The van der Waals surface area contributed by atoms with Crippen LogP contribution in [0.5, 0.6) is 11.5 Å². The number of fused-ring (bicyclic) bond motifs is 5. The van der Waals surface area contributed by atoms with E-state index >= 15 is 0 Å². The normalized spacial score (nSPS) is 18.9. The summed E-state index contributed by atoms with van der Waals surface area (Å²) in [6.07, 6.45) is 14.6. The van der Waals surface area contributed by atoms with E-state index in [1.165, 1.54) is 68.5 Å². The number of hydrogen-bond acceptors (Lipinski definition) is 29. The predicted octanol–water partition coefficient (Wildman–Crippen LogP) is 5.56. The van der Waals surface area contributed by atoms with Crippen molar-refractivity contribution in [3.05, 3.63) is 328 Å². The van der Waals surface area contributed by atoms with Gasteiger partial charge in [0.05, 0.1) is 83.9 Å². The van der Waals surface area contributed by atoms with Crippen LogP contribution in [-0.4, -0.2) is 200 Å². The Balaban J connectivity index is 0.000000130. The van der Waals surface area contributed by atoms with Crippen LogP contribution in [0.4, 0.5) is 32.0 Å². The molecule has 0 radical (unpaired) electrons. The SMILES string of the molecule is Cl.Nc1cnn(C2=CC(=O)NS2=O)c1.O=C(O)C(F)(F)F.O=C(O)C(F)(F)F.O=C1C=C(n2cc3c(n2)CN(C(=O)c2ccccc2)C3)S(=O)N1.O=C1C=C(n2cc3c(n2)CN(Cc2cccc(Oc4ccccc4)c2)C3)S(=O)N1.O=C1C=C(n2ncc3c2CN(C(=O)c2ccccc2)C3)S(=O)N1.O=C1C=C(n2ncc3c2CN(Cc2ccccn2)C3)S(=O)N1.O=C1C=C(n2ncc3c2CN(Cc2ccncc2)C3)S(=O)N1. The third kappa shape index (κ3) is 26.0. The first-order valence-electron chi connectivity index (χ1n) is 42.7. The highest BCUT2D eigenvalue weighted by atomic mass is 35.5. The minimum absolute atomic E-state index is 0. The van der Waals surface area contributed by atoms with E-state index in [-0.39, 0.29) is 47.9 Å². The average molecular weight is 2160 g/mol. The number of aliphatic carboxylic acids is 2. The van der Waals surface area contributed by atoms with Crippen LogP contribution in [0, 0.1) is 0 Å². The van der Waals surface area contributed by atoms with Crippen LogP contribution in [-0.2, 0) is 189 Å². The van der Waals surface area contributed by atoms with E-state index in [9.17, 15) is 90.0 Å². The largest absolute Gasteiger partial charge is 0.490 e. The third-order valence-electron chi connectivity index (χ3n) is 21.7. The predicted molar refractivity (Wildman–Crippen MR) is 516 cm³/mol. The molecule has 11 aliphatic heterocycles. The van der Waals surface area contributed by atoms with E-state index in [4.69, 9.17) is 30.3 Å². The van der Waals surface area contributed by atoms with Gasteiger partial charge < -0.3 is 30.5 Å². The Bertz CT molecular complexity index is 7320.